The molecule has 0 bridgehead atoms. The standard InChI is InChI=1S/C25H20ClN3O3/c1-30-23-13-21-22(14-24(23)31-12-11-26)28-16-17(15-27)25(21)29-18-7-9-20(10-8-18)32-19-5-3-2-4-6-19/h2-10,13-14,16H,11-12H2,1H3,(H,28,29). The highest BCUT2D eigenvalue weighted by atomic mass is 35.5. The second kappa shape index (κ2) is 9.90. The number of alkyl halides is 1. The first kappa shape index (κ1) is 21.3. The first-order valence-corrected chi connectivity index (χ1v) is 10.4. The Morgan fingerprint density at radius 1 is 1.00 bits per heavy atom. The Labute approximate surface area is 190 Å². The average Bonchev–Trinajstić information content (AvgIpc) is 2.84. The van der Waals surface area contributed by atoms with Crippen LogP contribution in [0, 0.1) is 11.3 Å². The van der Waals surface area contributed by atoms with Crippen molar-refractivity contribution in [2.24, 2.45) is 0 Å². The van der Waals surface area contributed by atoms with Crippen molar-refractivity contribution in [3.8, 4) is 29.1 Å². The van der Waals surface area contributed by atoms with Gasteiger partial charge in [-0.1, -0.05) is 18.2 Å². The minimum atomic E-state index is 0.349. The van der Waals surface area contributed by atoms with Crippen LogP contribution in [-0.2, 0) is 0 Å². The molecule has 0 radical (unpaired) electrons. The lowest BCUT2D eigenvalue weighted by Gasteiger charge is -2.15. The molecule has 32 heavy (non-hydrogen) atoms. The van der Waals surface area contributed by atoms with E-state index in [9.17, 15) is 5.26 Å². The van der Waals surface area contributed by atoms with Gasteiger partial charge in [0.2, 0.25) is 0 Å². The van der Waals surface area contributed by atoms with Crippen molar-refractivity contribution < 1.29 is 14.2 Å². The zero-order valence-corrected chi connectivity index (χ0v) is 18.1. The third kappa shape index (κ3) is 4.69. The SMILES string of the molecule is COc1cc2c(Nc3ccc(Oc4ccccc4)cc3)c(C#N)cnc2cc1OCCCl. The van der Waals surface area contributed by atoms with Crippen LogP contribution in [-0.4, -0.2) is 24.6 Å². The second-order valence-electron chi connectivity index (χ2n) is 6.78. The summed E-state index contributed by atoms with van der Waals surface area (Å²) in [4.78, 5) is 4.41. The molecule has 4 aromatic rings. The number of anilines is 2. The van der Waals surface area contributed by atoms with Crippen molar-refractivity contribution in [2.45, 2.75) is 0 Å². The molecule has 0 aliphatic heterocycles. The second-order valence-corrected chi connectivity index (χ2v) is 7.16. The average molecular weight is 446 g/mol. The van der Waals surface area contributed by atoms with Gasteiger partial charge < -0.3 is 19.5 Å². The molecule has 6 nitrogen and oxygen atoms in total. The summed E-state index contributed by atoms with van der Waals surface area (Å²) < 4.78 is 17.0. The zero-order valence-electron chi connectivity index (χ0n) is 17.3. The van der Waals surface area contributed by atoms with Gasteiger partial charge in [-0.15, -0.1) is 11.6 Å². The van der Waals surface area contributed by atoms with Crippen LogP contribution < -0.4 is 19.5 Å². The quantitative estimate of drug-likeness (QED) is 0.322. The van der Waals surface area contributed by atoms with Crippen LogP contribution >= 0.6 is 11.6 Å². The lowest BCUT2D eigenvalue weighted by Crippen LogP contribution is -2.02. The van der Waals surface area contributed by atoms with Gasteiger partial charge in [0.15, 0.2) is 11.5 Å². The van der Waals surface area contributed by atoms with Crippen molar-refractivity contribution in [2.75, 3.05) is 24.9 Å². The van der Waals surface area contributed by atoms with Gasteiger partial charge in [0.1, 0.15) is 24.2 Å². The number of nitriles is 1. The first-order chi connectivity index (χ1) is 15.7. The van der Waals surface area contributed by atoms with Gasteiger partial charge in [0.05, 0.1) is 29.8 Å². The predicted octanol–water partition coefficient (Wildman–Crippen LogP) is 6.27. The molecule has 160 valence electrons. The minimum Gasteiger partial charge on any atom is -0.493 e. The molecular weight excluding hydrogens is 426 g/mol. The summed E-state index contributed by atoms with van der Waals surface area (Å²) in [5.41, 5.74) is 2.52. The molecule has 1 heterocycles. The van der Waals surface area contributed by atoms with E-state index in [0.29, 0.717) is 46.5 Å². The summed E-state index contributed by atoms with van der Waals surface area (Å²) in [6.07, 6.45) is 1.54. The van der Waals surface area contributed by atoms with Gasteiger partial charge >= 0.3 is 0 Å². The Hall–Kier alpha value is -3.95. The highest BCUT2D eigenvalue weighted by molar-refractivity contribution is 6.18. The third-order valence-electron chi connectivity index (χ3n) is 4.71. The number of pyridine rings is 1. The van der Waals surface area contributed by atoms with Gasteiger partial charge in [-0.25, -0.2) is 0 Å². The number of fused-ring (bicyclic) bond motifs is 1. The number of benzene rings is 3. The molecule has 0 saturated carbocycles. The molecule has 4 rings (SSSR count). The van der Waals surface area contributed by atoms with Gasteiger partial charge in [-0.2, -0.15) is 5.26 Å². The lowest BCUT2D eigenvalue weighted by atomic mass is 10.1. The third-order valence-corrected chi connectivity index (χ3v) is 4.87. The van der Waals surface area contributed by atoms with Crippen molar-refractivity contribution >= 4 is 33.9 Å². The molecule has 1 N–H and O–H groups in total. The van der Waals surface area contributed by atoms with E-state index in [0.717, 1.165) is 16.8 Å². The Bertz CT molecular complexity index is 1260. The maximum atomic E-state index is 9.64. The highest BCUT2D eigenvalue weighted by Gasteiger charge is 2.14. The number of nitrogens with one attached hydrogen (secondary N) is 1. The number of nitrogens with zero attached hydrogens (tertiary/aromatic N) is 2. The summed E-state index contributed by atoms with van der Waals surface area (Å²) in [7, 11) is 1.56. The van der Waals surface area contributed by atoms with Crippen LogP contribution in [0.3, 0.4) is 0 Å². The summed E-state index contributed by atoms with van der Waals surface area (Å²) in [6, 6.07) is 22.9. The predicted molar refractivity (Wildman–Crippen MR) is 125 cm³/mol. The molecule has 0 unspecified atom stereocenters. The van der Waals surface area contributed by atoms with E-state index in [1.807, 2.05) is 60.7 Å². The number of hydrogen-bond acceptors (Lipinski definition) is 6. The van der Waals surface area contributed by atoms with E-state index in [1.165, 1.54) is 6.20 Å². The normalized spacial score (nSPS) is 10.4. The fraction of sp³-hybridized carbons (Fsp3) is 0.120. The van der Waals surface area contributed by atoms with E-state index >= 15 is 0 Å². The maximum absolute atomic E-state index is 9.64. The van der Waals surface area contributed by atoms with Crippen molar-refractivity contribution in [1.29, 1.82) is 5.26 Å². The Morgan fingerprint density at radius 2 is 1.75 bits per heavy atom. The molecule has 0 saturated heterocycles. The zero-order chi connectivity index (χ0) is 22.3. The number of rotatable bonds is 8. The van der Waals surface area contributed by atoms with Crippen molar-refractivity contribution in [3.05, 3.63) is 78.5 Å². The molecule has 0 aliphatic carbocycles. The van der Waals surface area contributed by atoms with Gasteiger partial charge in [-0.3, -0.25) is 4.98 Å². The molecule has 3 aromatic carbocycles. The largest absolute Gasteiger partial charge is 0.493 e. The Morgan fingerprint density at radius 3 is 2.44 bits per heavy atom. The Balaban J connectivity index is 1.66. The monoisotopic (exact) mass is 445 g/mol. The van der Waals surface area contributed by atoms with Crippen LogP contribution in [0.4, 0.5) is 11.4 Å². The fourth-order valence-corrected chi connectivity index (χ4v) is 3.29. The molecule has 0 amide bonds. The molecule has 0 aliphatic rings. The van der Waals surface area contributed by atoms with Gasteiger partial charge in [0.25, 0.3) is 0 Å². The molecule has 0 fully saturated rings. The topological polar surface area (TPSA) is 76.4 Å². The number of para-hydroxylation sites is 1. The van der Waals surface area contributed by atoms with Gasteiger partial charge in [0, 0.05) is 23.3 Å². The number of ether oxygens (including phenoxy) is 3. The van der Waals surface area contributed by atoms with Crippen LogP contribution in [0.1, 0.15) is 5.56 Å². The Kier molecular flexibility index (Phi) is 6.59. The summed E-state index contributed by atoms with van der Waals surface area (Å²) in [5, 5.41) is 13.7. The number of hydrogen-bond donors (Lipinski definition) is 1. The first-order valence-electron chi connectivity index (χ1n) is 9.91. The van der Waals surface area contributed by atoms with Crippen molar-refractivity contribution in [3.63, 3.8) is 0 Å². The summed E-state index contributed by atoms with van der Waals surface area (Å²) in [5.74, 6) is 2.92. The smallest absolute Gasteiger partial charge is 0.163 e. The highest BCUT2D eigenvalue weighted by Crippen LogP contribution is 2.37. The maximum Gasteiger partial charge on any atom is 0.163 e. The van der Waals surface area contributed by atoms with Crippen LogP contribution in [0.15, 0.2) is 72.9 Å². The molecule has 0 atom stereocenters. The van der Waals surface area contributed by atoms with Crippen LogP contribution in [0.2, 0.25) is 0 Å². The van der Waals surface area contributed by atoms with Gasteiger partial charge in [-0.05, 0) is 42.5 Å². The fourth-order valence-electron chi connectivity index (χ4n) is 3.22. The minimum absolute atomic E-state index is 0.349. The molecule has 0 spiro atoms. The van der Waals surface area contributed by atoms with Crippen LogP contribution in [0.25, 0.3) is 10.9 Å². The van der Waals surface area contributed by atoms with E-state index < -0.39 is 0 Å². The summed E-state index contributed by atoms with van der Waals surface area (Å²) in [6.45, 7) is 0.349. The van der Waals surface area contributed by atoms with E-state index in [4.69, 9.17) is 25.8 Å². The number of halogens is 1. The lowest BCUT2D eigenvalue weighted by molar-refractivity contribution is 0.313. The van der Waals surface area contributed by atoms with Crippen LogP contribution in [0.5, 0.6) is 23.0 Å². The van der Waals surface area contributed by atoms with E-state index in [-0.39, 0.29) is 0 Å². The molecular formula is C25H20ClN3O3. The number of methoxy groups -OCH3 is 1. The number of aromatic nitrogens is 1. The van der Waals surface area contributed by atoms with Crippen molar-refractivity contribution in [1.82, 2.24) is 4.98 Å². The summed E-state index contributed by atoms with van der Waals surface area (Å²) >= 11 is 5.74. The van der Waals surface area contributed by atoms with E-state index in [1.54, 1.807) is 13.2 Å². The van der Waals surface area contributed by atoms with E-state index in [2.05, 4.69) is 16.4 Å². The molecule has 7 heteroatoms. The molecule has 1 aromatic heterocycles.